The lowest BCUT2D eigenvalue weighted by molar-refractivity contribution is 0.0986. The summed E-state index contributed by atoms with van der Waals surface area (Å²) in [5.74, 6) is -0.592. The fourth-order valence-electron chi connectivity index (χ4n) is 1.95. The summed E-state index contributed by atoms with van der Waals surface area (Å²) in [6, 6.07) is 9.80. The zero-order valence-corrected chi connectivity index (χ0v) is 14.9. The highest BCUT2D eigenvalue weighted by Crippen LogP contribution is 2.17. The maximum absolute atomic E-state index is 12.3. The van der Waals surface area contributed by atoms with E-state index in [4.69, 9.17) is 4.42 Å². The molecule has 0 bridgehead atoms. The Morgan fingerprint density at radius 2 is 2.12 bits per heavy atom. The summed E-state index contributed by atoms with van der Waals surface area (Å²) < 4.78 is 7.43. The molecule has 2 heterocycles. The van der Waals surface area contributed by atoms with Crippen molar-refractivity contribution >= 4 is 44.8 Å². The third-order valence-corrected chi connectivity index (χ3v) is 4.40. The van der Waals surface area contributed by atoms with Crippen molar-refractivity contribution in [1.82, 2.24) is 4.57 Å². The van der Waals surface area contributed by atoms with E-state index < -0.39 is 5.91 Å². The van der Waals surface area contributed by atoms with Crippen LogP contribution in [-0.4, -0.2) is 16.4 Å². The molecular weight excluding hydrogens is 394 g/mol. The van der Waals surface area contributed by atoms with Crippen molar-refractivity contribution in [3.05, 3.63) is 68.8 Å². The minimum atomic E-state index is -0.396. The van der Waals surface area contributed by atoms with E-state index in [9.17, 15) is 9.59 Å². The zero-order valence-electron chi connectivity index (χ0n) is 12.5. The lowest BCUT2D eigenvalue weighted by atomic mass is 10.2. The van der Waals surface area contributed by atoms with Gasteiger partial charge >= 0.3 is 0 Å². The molecule has 8 heteroatoms. The number of halogens is 1. The van der Waals surface area contributed by atoms with Gasteiger partial charge in [0.05, 0.1) is 0 Å². The average molecular weight is 406 g/mol. The first-order valence-corrected chi connectivity index (χ1v) is 8.56. The molecule has 2 aromatic heterocycles. The van der Waals surface area contributed by atoms with Crippen LogP contribution in [0.25, 0.3) is 0 Å². The zero-order chi connectivity index (χ0) is 17.1. The number of hydrogen-bond acceptors (Lipinski definition) is 4. The van der Waals surface area contributed by atoms with Crippen LogP contribution in [0.1, 0.15) is 20.9 Å². The number of carbonyl (C=O) groups excluding carboxylic acids is 2. The monoisotopic (exact) mass is 405 g/mol. The van der Waals surface area contributed by atoms with E-state index in [-0.39, 0.29) is 11.7 Å². The Bertz CT molecular complexity index is 971. The highest BCUT2D eigenvalue weighted by molar-refractivity contribution is 9.10. The van der Waals surface area contributed by atoms with Crippen molar-refractivity contribution in [2.75, 3.05) is 5.32 Å². The average Bonchev–Trinajstić information content (AvgIpc) is 3.17. The molecular formula is C16H12BrN3O3S. The summed E-state index contributed by atoms with van der Waals surface area (Å²) in [6.07, 6.45) is 1.83. The Balaban J connectivity index is 1.80. The minimum Gasteiger partial charge on any atom is -0.444 e. The number of aryl methyl sites for hydroxylation is 1. The number of aromatic nitrogens is 1. The lowest BCUT2D eigenvalue weighted by Crippen LogP contribution is -2.13. The van der Waals surface area contributed by atoms with E-state index in [1.54, 1.807) is 41.0 Å². The van der Waals surface area contributed by atoms with E-state index in [2.05, 4.69) is 26.2 Å². The van der Waals surface area contributed by atoms with Gasteiger partial charge in [-0.05, 0) is 46.3 Å². The standard InChI is InChI=1S/C16H12BrN3O3S/c1-20-7-8-24-16(20)19-14(21)10-3-2-4-11(9-10)18-15(22)12-5-6-13(17)23-12/h2-9H,1H3,(H,18,22). The van der Waals surface area contributed by atoms with Crippen molar-refractivity contribution in [1.29, 1.82) is 0 Å². The first-order valence-electron chi connectivity index (χ1n) is 6.89. The van der Waals surface area contributed by atoms with E-state index >= 15 is 0 Å². The van der Waals surface area contributed by atoms with Crippen LogP contribution in [0, 0.1) is 0 Å². The normalized spacial score (nSPS) is 11.5. The molecule has 0 unspecified atom stereocenters. The number of benzene rings is 1. The number of amides is 2. The van der Waals surface area contributed by atoms with Gasteiger partial charge < -0.3 is 14.3 Å². The summed E-state index contributed by atoms with van der Waals surface area (Å²) in [5, 5.41) is 4.54. The van der Waals surface area contributed by atoms with Gasteiger partial charge in [0.15, 0.2) is 15.2 Å². The topological polar surface area (TPSA) is 76.6 Å². The summed E-state index contributed by atoms with van der Waals surface area (Å²) in [4.78, 5) is 29.0. The maximum Gasteiger partial charge on any atom is 0.291 e. The Kier molecular flexibility index (Phi) is 4.77. The molecule has 122 valence electrons. The van der Waals surface area contributed by atoms with Crippen LogP contribution in [-0.2, 0) is 7.05 Å². The van der Waals surface area contributed by atoms with Crippen molar-refractivity contribution in [3.8, 4) is 0 Å². The Morgan fingerprint density at radius 1 is 1.29 bits per heavy atom. The first kappa shape index (κ1) is 16.4. The summed E-state index contributed by atoms with van der Waals surface area (Å²) in [5.41, 5.74) is 0.881. The second-order valence-corrected chi connectivity index (χ2v) is 6.51. The predicted octanol–water partition coefficient (Wildman–Crippen LogP) is 3.44. The van der Waals surface area contributed by atoms with Crippen LogP contribution >= 0.6 is 27.3 Å². The summed E-state index contributed by atoms with van der Waals surface area (Å²) >= 11 is 4.52. The van der Waals surface area contributed by atoms with Gasteiger partial charge in [-0.15, -0.1) is 11.3 Å². The molecule has 3 rings (SSSR count). The van der Waals surface area contributed by atoms with E-state index in [1.165, 1.54) is 11.3 Å². The lowest BCUT2D eigenvalue weighted by Gasteiger charge is -2.04. The fraction of sp³-hybridized carbons (Fsp3) is 0.0625. The molecule has 2 amide bonds. The number of anilines is 1. The molecule has 1 N–H and O–H groups in total. The van der Waals surface area contributed by atoms with Gasteiger partial charge in [-0.25, -0.2) is 0 Å². The van der Waals surface area contributed by atoms with Gasteiger partial charge in [-0.1, -0.05) is 6.07 Å². The highest BCUT2D eigenvalue weighted by atomic mass is 79.9. The van der Waals surface area contributed by atoms with Crippen LogP contribution < -0.4 is 10.1 Å². The second-order valence-electron chi connectivity index (χ2n) is 4.85. The number of thiazole rings is 1. The third kappa shape index (κ3) is 3.72. The summed E-state index contributed by atoms with van der Waals surface area (Å²) in [6.45, 7) is 0. The number of carbonyl (C=O) groups is 2. The quantitative estimate of drug-likeness (QED) is 0.724. The van der Waals surface area contributed by atoms with Gasteiger partial charge in [-0.2, -0.15) is 4.99 Å². The molecule has 0 aliphatic rings. The number of nitrogens with zero attached hydrogens (tertiary/aromatic N) is 2. The third-order valence-electron chi connectivity index (χ3n) is 3.12. The van der Waals surface area contributed by atoms with Gasteiger partial charge in [0.2, 0.25) is 0 Å². The van der Waals surface area contributed by atoms with Gasteiger partial charge in [-0.3, -0.25) is 9.59 Å². The maximum atomic E-state index is 12.3. The number of hydrogen-bond donors (Lipinski definition) is 1. The van der Waals surface area contributed by atoms with Crippen LogP contribution in [0.3, 0.4) is 0 Å². The molecule has 1 aromatic carbocycles. The molecule has 0 saturated heterocycles. The molecule has 0 radical (unpaired) electrons. The van der Waals surface area contributed by atoms with Crippen molar-refractivity contribution in [2.24, 2.45) is 12.0 Å². The smallest absolute Gasteiger partial charge is 0.291 e. The minimum absolute atomic E-state index is 0.175. The van der Waals surface area contributed by atoms with Gasteiger partial charge in [0, 0.05) is 29.9 Å². The molecule has 0 fully saturated rings. The first-order chi connectivity index (χ1) is 11.5. The van der Waals surface area contributed by atoms with Crippen LogP contribution in [0.4, 0.5) is 5.69 Å². The van der Waals surface area contributed by atoms with E-state index in [1.807, 2.05) is 18.6 Å². The molecule has 0 atom stereocenters. The summed E-state index contributed by atoms with van der Waals surface area (Å²) in [7, 11) is 1.82. The van der Waals surface area contributed by atoms with E-state index in [0.29, 0.717) is 20.7 Å². The van der Waals surface area contributed by atoms with Crippen LogP contribution in [0.15, 0.2) is 62.1 Å². The molecule has 6 nitrogen and oxygen atoms in total. The van der Waals surface area contributed by atoms with Crippen molar-refractivity contribution < 1.29 is 14.0 Å². The molecule has 3 aromatic rings. The Morgan fingerprint density at radius 3 is 2.79 bits per heavy atom. The fourth-order valence-corrected chi connectivity index (χ4v) is 2.98. The highest BCUT2D eigenvalue weighted by Gasteiger charge is 2.12. The number of rotatable bonds is 3. The molecule has 0 saturated carbocycles. The molecule has 0 spiro atoms. The Hall–Kier alpha value is -2.45. The van der Waals surface area contributed by atoms with Gasteiger partial charge in [0.25, 0.3) is 11.8 Å². The van der Waals surface area contributed by atoms with Crippen LogP contribution in [0.2, 0.25) is 0 Å². The van der Waals surface area contributed by atoms with E-state index in [0.717, 1.165) is 0 Å². The largest absolute Gasteiger partial charge is 0.444 e. The Labute approximate surface area is 149 Å². The van der Waals surface area contributed by atoms with Crippen molar-refractivity contribution in [3.63, 3.8) is 0 Å². The SMILES string of the molecule is Cn1ccsc1=NC(=O)c1cccc(NC(=O)c2ccc(Br)o2)c1. The predicted molar refractivity (Wildman–Crippen MR) is 94.0 cm³/mol. The van der Waals surface area contributed by atoms with Gasteiger partial charge in [0.1, 0.15) is 0 Å². The second kappa shape index (κ2) is 6.98. The van der Waals surface area contributed by atoms with Crippen molar-refractivity contribution in [2.45, 2.75) is 0 Å². The van der Waals surface area contributed by atoms with Crippen LogP contribution in [0.5, 0.6) is 0 Å². The molecule has 0 aliphatic carbocycles. The number of furan rings is 1. The number of nitrogens with one attached hydrogen (secondary N) is 1. The molecule has 0 aliphatic heterocycles. The molecule has 24 heavy (non-hydrogen) atoms.